The van der Waals surface area contributed by atoms with Gasteiger partial charge in [-0.3, -0.25) is 0 Å². The zero-order valence-corrected chi connectivity index (χ0v) is 11.6. The van der Waals surface area contributed by atoms with Crippen molar-refractivity contribution >= 4 is 71.8 Å². The molecule has 11 heavy (non-hydrogen) atoms. The molecule has 0 saturated heterocycles. The maximum atomic E-state index is 8.58. The fourth-order valence-corrected chi connectivity index (χ4v) is 0. The van der Waals surface area contributed by atoms with Crippen LogP contribution in [0.1, 0.15) is 0 Å². The molecule has 56 valence electrons. The van der Waals surface area contributed by atoms with Crippen molar-refractivity contribution in [3.8, 4) is 0 Å². The SMILES string of the molecule is [Ca+2].[Mg+2].[O]=[Ti]([O-])[O-].[O]=[Ti]([O-])[O-].[SiH4]. The van der Waals surface area contributed by atoms with Crippen LogP contribution in [-0.4, -0.2) is 71.8 Å². The molecule has 0 rings (SSSR count). The molecule has 0 unspecified atom stereocenters. The molecule has 0 aromatic rings. The van der Waals surface area contributed by atoms with Crippen LogP contribution in [0.5, 0.6) is 0 Å². The summed E-state index contributed by atoms with van der Waals surface area (Å²) in [5, 5.41) is 0. The van der Waals surface area contributed by atoms with E-state index in [9.17, 15) is 0 Å². The average Bonchev–Trinajstić information content (AvgIpc) is 1.25. The molecule has 0 radical (unpaired) electrons. The molecular weight excluding hydrogens is 284 g/mol. The smallest absolute Gasteiger partial charge is 0.0149 e. The predicted molar refractivity (Wildman–Crippen MR) is 24.2 cm³/mol. The third-order valence-corrected chi connectivity index (χ3v) is 0. The van der Waals surface area contributed by atoms with Gasteiger partial charge < -0.3 is 0 Å². The van der Waals surface area contributed by atoms with Crippen LogP contribution in [0.15, 0.2) is 0 Å². The monoisotopic (exact) mass is 288 g/mol. The quantitative estimate of drug-likeness (QED) is 0.407. The summed E-state index contributed by atoms with van der Waals surface area (Å²) in [6.07, 6.45) is 0. The molecule has 0 heterocycles. The van der Waals surface area contributed by atoms with Gasteiger partial charge in [0.05, 0.1) is 0 Å². The normalized spacial score (nSPS) is 4.73. The minimum absolute atomic E-state index is 0. The van der Waals surface area contributed by atoms with Crippen molar-refractivity contribution in [2.24, 2.45) is 0 Å². The molecule has 0 atom stereocenters. The van der Waals surface area contributed by atoms with Crippen LogP contribution in [-0.2, 0) is 43.9 Å². The van der Waals surface area contributed by atoms with Crippen molar-refractivity contribution in [3.05, 3.63) is 0 Å². The van der Waals surface area contributed by atoms with Crippen molar-refractivity contribution in [2.75, 3.05) is 0 Å². The predicted octanol–water partition coefficient (Wildman–Crippen LogP) is -7.21. The Balaban J connectivity index is -0.0000000171. The van der Waals surface area contributed by atoms with E-state index in [2.05, 4.69) is 0 Å². The molecule has 0 aliphatic rings. The number of rotatable bonds is 0. The largest absolute Gasteiger partial charge is 0.0149 e. The Morgan fingerprint density at radius 1 is 0.818 bits per heavy atom. The van der Waals surface area contributed by atoms with Crippen LogP contribution in [0.25, 0.3) is 0 Å². The average molecular weight is 288 g/mol. The number of hydrogen-bond acceptors (Lipinski definition) is 6. The Bertz CT molecular complexity index is 78.6. The Labute approximate surface area is 128 Å². The second-order valence-electron chi connectivity index (χ2n) is 0.500. The van der Waals surface area contributed by atoms with Crippen LogP contribution in [0.4, 0.5) is 0 Å². The van der Waals surface area contributed by atoms with Gasteiger partial charge in [-0.2, -0.15) is 0 Å². The van der Waals surface area contributed by atoms with E-state index in [4.69, 9.17) is 21.4 Å². The first kappa shape index (κ1) is 29.2. The van der Waals surface area contributed by atoms with Gasteiger partial charge in [-0.1, -0.05) is 0 Å². The van der Waals surface area contributed by atoms with Crippen LogP contribution in [0, 0.1) is 0 Å². The van der Waals surface area contributed by atoms with Gasteiger partial charge >= 0.3 is 119 Å². The van der Waals surface area contributed by atoms with E-state index in [-0.39, 0.29) is 71.8 Å². The molecule has 0 amide bonds. The van der Waals surface area contributed by atoms with Gasteiger partial charge in [-0.25, -0.2) is 0 Å². The second-order valence-corrected chi connectivity index (χ2v) is 2.06. The van der Waals surface area contributed by atoms with E-state index < -0.39 is 37.2 Å². The van der Waals surface area contributed by atoms with Gasteiger partial charge in [0, 0.05) is 0 Å². The van der Waals surface area contributed by atoms with Crippen molar-refractivity contribution in [1.82, 2.24) is 0 Å². The van der Waals surface area contributed by atoms with Crippen LogP contribution >= 0.6 is 0 Å². The summed E-state index contributed by atoms with van der Waals surface area (Å²) in [5.41, 5.74) is 0. The Morgan fingerprint density at radius 3 is 0.818 bits per heavy atom. The molecule has 0 N–H and O–H groups in total. The first-order valence-corrected chi connectivity index (χ1v) is 5.05. The van der Waals surface area contributed by atoms with E-state index >= 15 is 0 Å². The van der Waals surface area contributed by atoms with Gasteiger partial charge in [0.1, 0.15) is 0 Å². The van der Waals surface area contributed by atoms with E-state index in [1.54, 1.807) is 0 Å². The maximum absolute atomic E-state index is 8.58. The molecule has 0 spiro atoms. The molecule has 0 aliphatic heterocycles. The minimum atomic E-state index is -4.08. The minimum Gasteiger partial charge on any atom is -0.0149 e. The van der Waals surface area contributed by atoms with Gasteiger partial charge in [-0.05, 0) is 11.0 Å². The summed E-state index contributed by atoms with van der Waals surface area (Å²) >= 11 is -8.17. The summed E-state index contributed by atoms with van der Waals surface area (Å²) in [5.74, 6) is 0. The first-order valence-electron chi connectivity index (χ1n) is 1.22. The standard InChI is InChI=1S/Ca.Mg.6O.H4Si.2Ti/h;;;;;;;;1H4;;/q2*+2;;;4*-1;;;. The van der Waals surface area contributed by atoms with Crippen LogP contribution < -0.4 is 14.8 Å². The first-order chi connectivity index (χ1) is 3.46. The molecule has 11 heteroatoms. The summed E-state index contributed by atoms with van der Waals surface area (Å²) in [6.45, 7) is 0. The van der Waals surface area contributed by atoms with Crippen molar-refractivity contribution in [1.29, 1.82) is 0 Å². The molecule has 6 nitrogen and oxygen atoms in total. The molecular formula is H4CaMgO6SiTi2. The van der Waals surface area contributed by atoms with E-state index in [0.717, 1.165) is 0 Å². The zero-order chi connectivity index (χ0) is 7.15. The second kappa shape index (κ2) is 23.2. The molecule has 0 fully saturated rings. The maximum Gasteiger partial charge on any atom is -0.0149 e. The number of hydrogen-bond donors (Lipinski definition) is 0. The van der Waals surface area contributed by atoms with E-state index in [0.29, 0.717) is 0 Å². The van der Waals surface area contributed by atoms with E-state index in [1.165, 1.54) is 0 Å². The van der Waals surface area contributed by atoms with Gasteiger partial charge in [0.2, 0.25) is 0 Å². The third kappa shape index (κ3) is 167. The summed E-state index contributed by atoms with van der Waals surface area (Å²) in [7, 11) is 0. The summed E-state index contributed by atoms with van der Waals surface area (Å²) in [4.78, 5) is 0. The van der Waals surface area contributed by atoms with Gasteiger partial charge in [-0.15, -0.1) is 0 Å². The zero-order valence-electron chi connectivity index (χ0n) is 4.86. The van der Waals surface area contributed by atoms with Crippen LogP contribution in [0.2, 0.25) is 0 Å². The Hall–Kier alpha value is 3.11. The third-order valence-electron chi connectivity index (χ3n) is 0. The molecule has 0 aromatic heterocycles. The molecule has 0 aliphatic carbocycles. The Kier molecular flexibility index (Phi) is 61.5. The topological polar surface area (TPSA) is 126 Å². The van der Waals surface area contributed by atoms with Gasteiger partial charge in [0.25, 0.3) is 0 Å². The fraction of sp³-hybridized carbons (Fsp3) is 0. The van der Waals surface area contributed by atoms with Crippen molar-refractivity contribution in [2.45, 2.75) is 0 Å². The summed E-state index contributed by atoms with van der Waals surface area (Å²) in [6, 6.07) is 0. The summed E-state index contributed by atoms with van der Waals surface area (Å²) < 4.78 is 51.5. The van der Waals surface area contributed by atoms with Crippen molar-refractivity contribution in [3.63, 3.8) is 0 Å². The van der Waals surface area contributed by atoms with Gasteiger partial charge in [0.15, 0.2) is 0 Å². The van der Waals surface area contributed by atoms with E-state index in [1.807, 2.05) is 0 Å². The molecule has 0 aromatic carbocycles. The fourth-order valence-electron chi connectivity index (χ4n) is 0. The molecule has 0 saturated carbocycles. The molecule has 0 bridgehead atoms. The Morgan fingerprint density at radius 2 is 0.818 bits per heavy atom. The van der Waals surface area contributed by atoms with Crippen molar-refractivity contribution < 1.29 is 58.6 Å². The van der Waals surface area contributed by atoms with Crippen LogP contribution in [0.3, 0.4) is 0 Å².